The van der Waals surface area contributed by atoms with Crippen molar-refractivity contribution in [1.82, 2.24) is 16.0 Å². The lowest BCUT2D eigenvalue weighted by atomic mass is 9.98. The SMILES string of the molecule is CCNC(=O)c1coc(-c2ccc(C[C@@H](C#N)NC(=O)[C@H]3N[C@@H]4CC[C@H]3C4)c(F)c2)c1. The number of fused-ring (bicyclic) bond motifs is 2. The summed E-state index contributed by atoms with van der Waals surface area (Å²) in [7, 11) is 0. The van der Waals surface area contributed by atoms with Gasteiger partial charge in [-0.25, -0.2) is 4.39 Å². The van der Waals surface area contributed by atoms with Crippen molar-refractivity contribution in [2.45, 2.75) is 50.7 Å². The number of nitrogens with zero attached hydrogens (tertiary/aromatic N) is 1. The van der Waals surface area contributed by atoms with Crippen molar-refractivity contribution in [3.63, 3.8) is 0 Å². The molecule has 0 spiro atoms. The lowest BCUT2D eigenvalue weighted by Crippen LogP contribution is -2.50. The highest BCUT2D eigenvalue weighted by atomic mass is 19.1. The zero-order valence-electron chi connectivity index (χ0n) is 17.3. The molecule has 1 aromatic heterocycles. The first-order chi connectivity index (χ1) is 15.0. The number of hydrogen-bond donors (Lipinski definition) is 3. The van der Waals surface area contributed by atoms with Crippen LogP contribution in [0.2, 0.25) is 0 Å². The predicted molar refractivity (Wildman–Crippen MR) is 111 cm³/mol. The second-order valence-corrected chi connectivity index (χ2v) is 8.17. The van der Waals surface area contributed by atoms with E-state index in [-0.39, 0.29) is 24.3 Å². The number of halogens is 1. The van der Waals surface area contributed by atoms with Gasteiger partial charge in [0.2, 0.25) is 5.91 Å². The van der Waals surface area contributed by atoms with E-state index in [9.17, 15) is 19.2 Å². The minimum Gasteiger partial charge on any atom is -0.464 e. The minimum atomic E-state index is -0.818. The molecule has 2 aliphatic rings. The second kappa shape index (κ2) is 8.90. The Balaban J connectivity index is 1.41. The molecule has 2 aromatic rings. The van der Waals surface area contributed by atoms with Gasteiger partial charge in [-0.1, -0.05) is 12.1 Å². The number of rotatable bonds is 7. The van der Waals surface area contributed by atoms with Crippen LogP contribution in [0.5, 0.6) is 0 Å². The zero-order valence-corrected chi connectivity index (χ0v) is 17.3. The Bertz CT molecular complexity index is 1030. The summed E-state index contributed by atoms with van der Waals surface area (Å²) in [5, 5.41) is 18.2. The third-order valence-corrected chi connectivity index (χ3v) is 6.08. The molecule has 4 atom stereocenters. The molecule has 8 heteroatoms. The van der Waals surface area contributed by atoms with E-state index in [4.69, 9.17) is 4.42 Å². The fourth-order valence-electron chi connectivity index (χ4n) is 4.50. The molecular formula is C23H25FN4O3. The topological polar surface area (TPSA) is 107 Å². The molecule has 4 rings (SSSR count). The van der Waals surface area contributed by atoms with Crippen molar-refractivity contribution < 1.29 is 18.4 Å². The van der Waals surface area contributed by atoms with E-state index in [0.717, 1.165) is 19.3 Å². The number of furan rings is 1. The first-order valence-corrected chi connectivity index (χ1v) is 10.6. The molecule has 0 unspecified atom stereocenters. The van der Waals surface area contributed by atoms with Crippen LogP contribution >= 0.6 is 0 Å². The smallest absolute Gasteiger partial charge is 0.254 e. The maximum absolute atomic E-state index is 14.7. The Labute approximate surface area is 180 Å². The van der Waals surface area contributed by atoms with E-state index in [1.807, 2.05) is 6.92 Å². The van der Waals surface area contributed by atoms with Gasteiger partial charge in [0, 0.05) is 24.6 Å². The van der Waals surface area contributed by atoms with Crippen LogP contribution in [0.3, 0.4) is 0 Å². The third-order valence-electron chi connectivity index (χ3n) is 6.08. The number of piperidine rings is 1. The van der Waals surface area contributed by atoms with E-state index in [2.05, 4.69) is 22.0 Å². The lowest BCUT2D eigenvalue weighted by molar-refractivity contribution is -0.124. The molecule has 31 heavy (non-hydrogen) atoms. The third kappa shape index (κ3) is 4.47. The van der Waals surface area contributed by atoms with Crippen LogP contribution in [-0.4, -0.2) is 36.5 Å². The summed E-state index contributed by atoms with van der Waals surface area (Å²) in [6, 6.07) is 7.48. The van der Waals surface area contributed by atoms with E-state index in [0.29, 0.717) is 41.0 Å². The van der Waals surface area contributed by atoms with Crippen molar-refractivity contribution in [3.8, 4) is 17.4 Å². The van der Waals surface area contributed by atoms with Crippen LogP contribution in [0.15, 0.2) is 34.9 Å². The number of carbonyl (C=O) groups excluding carboxylic acids is 2. The predicted octanol–water partition coefficient (Wildman–Crippen LogP) is 2.53. The molecule has 1 saturated carbocycles. The van der Waals surface area contributed by atoms with Gasteiger partial charge >= 0.3 is 0 Å². The van der Waals surface area contributed by atoms with Gasteiger partial charge in [0.05, 0.1) is 17.7 Å². The summed E-state index contributed by atoms with van der Waals surface area (Å²) in [6.45, 7) is 2.32. The summed E-state index contributed by atoms with van der Waals surface area (Å²) >= 11 is 0. The van der Waals surface area contributed by atoms with Gasteiger partial charge in [0.15, 0.2) is 0 Å². The Morgan fingerprint density at radius 2 is 2.19 bits per heavy atom. The van der Waals surface area contributed by atoms with Gasteiger partial charge in [-0.15, -0.1) is 0 Å². The van der Waals surface area contributed by atoms with Gasteiger partial charge in [-0.05, 0) is 49.8 Å². The summed E-state index contributed by atoms with van der Waals surface area (Å²) in [5.74, 6) is -0.255. The highest BCUT2D eigenvalue weighted by Gasteiger charge is 2.43. The van der Waals surface area contributed by atoms with Crippen molar-refractivity contribution in [3.05, 3.63) is 47.5 Å². The summed E-state index contributed by atoms with van der Waals surface area (Å²) < 4.78 is 20.1. The fourth-order valence-corrected chi connectivity index (χ4v) is 4.50. The molecule has 2 bridgehead atoms. The van der Waals surface area contributed by atoms with Crippen LogP contribution in [0.1, 0.15) is 42.1 Å². The largest absolute Gasteiger partial charge is 0.464 e. The minimum absolute atomic E-state index is 0.0669. The van der Waals surface area contributed by atoms with Crippen LogP contribution in [0.25, 0.3) is 11.3 Å². The van der Waals surface area contributed by atoms with E-state index in [1.165, 1.54) is 12.3 Å². The summed E-state index contributed by atoms with van der Waals surface area (Å²) in [6.07, 6.45) is 4.51. The molecule has 1 aliphatic carbocycles. The van der Waals surface area contributed by atoms with Crippen molar-refractivity contribution in [1.29, 1.82) is 5.26 Å². The van der Waals surface area contributed by atoms with Crippen LogP contribution < -0.4 is 16.0 Å². The molecule has 3 N–H and O–H groups in total. The van der Waals surface area contributed by atoms with Crippen LogP contribution in [0.4, 0.5) is 4.39 Å². The Kier molecular flexibility index (Phi) is 6.05. The summed E-state index contributed by atoms with van der Waals surface area (Å²) in [4.78, 5) is 24.4. The average molecular weight is 424 g/mol. The van der Waals surface area contributed by atoms with E-state index < -0.39 is 11.9 Å². The van der Waals surface area contributed by atoms with Gasteiger partial charge in [-0.2, -0.15) is 5.26 Å². The number of nitrogens with one attached hydrogen (secondary N) is 3. The Morgan fingerprint density at radius 3 is 2.84 bits per heavy atom. The van der Waals surface area contributed by atoms with Gasteiger partial charge in [0.1, 0.15) is 23.9 Å². The standard InChI is InChI=1S/C23H25FN4O3/c1-2-26-22(29)16-10-20(31-12-16)14-4-3-13(19(24)9-14)7-18(11-25)28-23(30)21-15-5-6-17(8-15)27-21/h3-4,9-10,12,15,17-18,21,27H,2,5-8H2,1H3,(H,26,29)(H,28,30)/t15-,17+,18-,21-/m0/s1. The molecule has 7 nitrogen and oxygen atoms in total. The Morgan fingerprint density at radius 1 is 1.35 bits per heavy atom. The number of amides is 2. The van der Waals surface area contributed by atoms with Gasteiger partial charge in [0.25, 0.3) is 5.91 Å². The number of benzene rings is 1. The molecule has 162 valence electrons. The molecule has 1 aromatic carbocycles. The van der Waals surface area contributed by atoms with Crippen LogP contribution in [0, 0.1) is 23.1 Å². The fraction of sp³-hybridized carbons (Fsp3) is 0.435. The van der Waals surface area contributed by atoms with Gasteiger partial charge < -0.3 is 20.4 Å². The Hall–Kier alpha value is -3.18. The molecule has 2 heterocycles. The average Bonchev–Trinajstić information content (AvgIpc) is 3.51. The summed E-state index contributed by atoms with van der Waals surface area (Å²) in [5.41, 5.74) is 1.18. The second-order valence-electron chi connectivity index (χ2n) is 8.17. The van der Waals surface area contributed by atoms with E-state index in [1.54, 1.807) is 18.2 Å². The molecule has 0 radical (unpaired) electrons. The molecule has 2 fully saturated rings. The van der Waals surface area contributed by atoms with Crippen molar-refractivity contribution in [2.24, 2.45) is 5.92 Å². The van der Waals surface area contributed by atoms with Crippen molar-refractivity contribution in [2.75, 3.05) is 6.54 Å². The zero-order chi connectivity index (χ0) is 22.0. The highest BCUT2D eigenvalue weighted by molar-refractivity contribution is 5.94. The normalized spacial score (nSPS) is 22.7. The molecule has 2 amide bonds. The highest BCUT2D eigenvalue weighted by Crippen LogP contribution is 2.35. The number of carbonyl (C=O) groups is 2. The van der Waals surface area contributed by atoms with Crippen molar-refractivity contribution >= 4 is 11.8 Å². The first kappa shape index (κ1) is 21.1. The lowest BCUT2D eigenvalue weighted by Gasteiger charge is -2.23. The number of nitriles is 1. The molecule has 1 aliphatic heterocycles. The first-order valence-electron chi connectivity index (χ1n) is 10.6. The van der Waals surface area contributed by atoms with Gasteiger partial charge in [-0.3, -0.25) is 9.59 Å². The maximum Gasteiger partial charge on any atom is 0.254 e. The quantitative estimate of drug-likeness (QED) is 0.633. The van der Waals surface area contributed by atoms with E-state index >= 15 is 0 Å². The molecule has 1 saturated heterocycles. The monoisotopic (exact) mass is 424 g/mol. The number of hydrogen-bond acceptors (Lipinski definition) is 5. The molecular weight excluding hydrogens is 399 g/mol. The van der Waals surface area contributed by atoms with Crippen LogP contribution in [-0.2, 0) is 11.2 Å². The maximum atomic E-state index is 14.7.